The molecule has 0 bridgehead atoms. The van der Waals surface area contributed by atoms with Crippen LogP contribution in [0.15, 0.2) is 0 Å². The zero-order valence-electron chi connectivity index (χ0n) is 15.2. The molecule has 0 aromatic rings. The Morgan fingerprint density at radius 2 is 1.82 bits per heavy atom. The Labute approximate surface area is 135 Å². The summed E-state index contributed by atoms with van der Waals surface area (Å²) in [5, 5.41) is 6.77. The van der Waals surface area contributed by atoms with E-state index >= 15 is 0 Å². The molecule has 0 aromatic carbocycles. The van der Waals surface area contributed by atoms with Gasteiger partial charge in [0.1, 0.15) is 5.60 Å². The number of nitrogens with one attached hydrogen (secondary N) is 2. The lowest BCUT2D eigenvalue weighted by molar-refractivity contribution is 0.0452. The minimum Gasteiger partial charge on any atom is -0.444 e. The van der Waals surface area contributed by atoms with E-state index in [0.29, 0.717) is 17.5 Å². The van der Waals surface area contributed by atoms with Crippen molar-refractivity contribution in [3.05, 3.63) is 0 Å². The van der Waals surface area contributed by atoms with E-state index in [2.05, 4.69) is 31.4 Å². The van der Waals surface area contributed by atoms with Gasteiger partial charge in [-0.3, -0.25) is 0 Å². The summed E-state index contributed by atoms with van der Waals surface area (Å²) < 4.78 is 5.30. The second kappa shape index (κ2) is 6.38. The largest absolute Gasteiger partial charge is 0.444 e. The van der Waals surface area contributed by atoms with Crippen LogP contribution in [0.1, 0.15) is 73.6 Å². The van der Waals surface area contributed by atoms with Crippen LogP contribution in [0, 0.1) is 11.3 Å². The van der Waals surface area contributed by atoms with Gasteiger partial charge in [-0.2, -0.15) is 0 Å². The van der Waals surface area contributed by atoms with Crippen molar-refractivity contribution < 1.29 is 9.53 Å². The Morgan fingerprint density at radius 1 is 1.18 bits per heavy atom. The fourth-order valence-electron chi connectivity index (χ4n) is 3.84. The fraction of sp³-hybridized carbons (Fsp3) is 0.944. The Bertz CT molecular complexity index is 394. The Morgan fingerprint density at radius 3 is 2.36 bits per heavy atom. The third-order valence-corrected chi connectivity index (χ3v) is 5.00. The summed E-state index contributed by atoms with van der Waals surface area (Å²) in [5.41, 5.74) is 0.0772. The summed E-state index contributed by atoms with van der Waals surface area (Å²) in [5.74, 6) is 0.738. The lowest BCUT2D eigenvalue weighted by atomic mass is 9.70. The van der Waals surface area contributed by atoms with Gasteiger partial charge in [-0.25, -0.2) is 4.79 Å². The summed E-state index contributed by atoms with van der Waals surface area (Å²) in [6, 6.07) is 1.46. The van der Waals surface area contributed by atoms with Crippen molar-refractivity contribution >= 4 is 6.09 Å². The second-order valence-electron chi connectivity index (χ2n) is 9.17. The molecule has 2 fully saturated rings. The van der Waals surface area contributed by atoms with Gasteiger partial charge in [0.15, 0.2) is 0 Å². The van der Waals surface area contributed by atoms with Gasteiger partial charge in [0, 0.05) is 18.1 Å². The van der Waals surface area contributed by atoms with E-state index in [9.17, 15) is 4.79 Å². The maximum Gasteiger partial charge on any atom is 0.407 e. The van der Waals surface area contributed by atoms with Crippen LogP contribution >= 0.6 is 0 Å². The van der Waals surface area contributed by atoms with E-state index in [0.717, 1.165) is 18.8 Å². The Kier molecular flexibility index (Phi) is 5.10. The SMILES string of the molecule is CC1CC(C)(C)CCC1NC1CC(NC(=O)OC(C)(C)C)C1. The van der Waals surface area contributed by atoms with Gasteiger partial charge in [-0.15, -0.1) is 0 Å². The number of hydrogen-bond donors (Lipinski definition) is 2. The number of hydrogen-bond acceptors (Lipinski definition) is 3. The van der Waals surface area contributed by atoms with Gasteiger partial charge in [-0.05, 0) is 64.2 Å². The number of carbonyl (C=O) groups is 1. The van der Waals surface area contributed by atoms with Crippen LogP contribution in [0.3, 0.4) is 0 Å². The average Bonchev–Trinajstić information content (AvgIpc) is 2.25. The molecule has 0 saturated heterocycles. The molecule has 0 spiro atoms. The zero-order chi connectivity index (χ0) is 16.5. The number of alkyl carbamates (subject to hydrolysis) is 1. The number of ether oxygens (including phenoxy) is 1. The molecule has 2 atom stereocenters. The smallest absolute Gasteiger partial charge is 0.407 e. The molecule has 128 valence electrons. The highest BCUT2D eigenvalue weighted by atomic mass is 16.6. The number of carbonyl (C=O) groups excluding carboxylic acids is 1. The maximum absolute atomic E-state index is 11.7. The quantitative estimate of drug-likeness (QED) is 0.832. The van der Waals surface area contributed by atoms with E-state index in [4.69, 9.17) is 4.74 Å². The molecule has 2 N–H and O–H groups in total. The van der Waals surface area contributed by atoms with Crippen molar-refractivity contribution in [2.24, 2.45) is 11.3 Å². The monoisotopic (exact) mass is 310 g/mol. The van der Waals surface area contributed by atoms with Gasteiger partial charge in [0.2, 0.25) is 0 Å². The van der Waals surface area contributed by atoms with Crippen molar-refractivity contribution in [2.75, 3.05) is 0 Å². The molecular formula is C18H34N2O2. The molecule has 2 aliphatic rings. The van der Waals surface area contributed by atoms with Gasteiger partial charge in [-0.1, -0.05) is 20.8 Å². The topological polar surface area (TPSA) is 50.4 Å². The molecule has 4 nitrogen and oxygen atoms in total. The van der Waals surface area contributed by atoms with Crippen molar-refractivity contribution in [2.45, 2.75) is 97.4 Å². The van der Waals surface area contributed by atoms with E-state index < -0.39 is 5.60 Å². The van der Waals surface area contributed by atoms with Gasteiger partial charge < -0.3 is 15.4 Å². The lowest BCUT2D eigenvalue weighted by Gasteiger charge is -2.44. The van der Waals surface area contributed by atoms with Crippen LogP contribution in [0.25, 0.3) is 0 Å². The average molecular weight is 310 g/mol. The first-order valence-corrected chi connectivity index (χ1v) is 8.80. The van der Waals surface area contributed by atoms with Crippen LogP contribution < -0.4 is 10.6 Å². The molecule has 0 aromatic heterocycles. The van der Waals surface area contributed by atoms with E-state index in [1.807, 2.05) is 20.8 Å². The van der Waals surface area contributed by atoms with Crippen molar-refractivity contribution in [3.63, 3.8) is 0 Å². The van der Waals surface area contributed by atoms with Gasteiger partial charge >= 0.3 is 6.09 Å². The highest BCUT2D eigenvalue weighted by Crippen LogP contribution is 2.39. The van der Waals surface area contributed by atoms with E-state index in [1.54, 1.807) is 0 Å². The fourth-order valence-corrected chi connectivity index (χ4v) is 3.84. The summed E-state index contributed by atoms with van der Waals surface area (Å²) in [6.07, 6.45) is 5.63. The van der Waals surface area contributed by atoms with Crippen LogP contribution in [0.4, 0.5) is 4.79 Å². The molecule has 2 unspecified atom stereocenters. The molecule has 1 amide bonds. The Balaban J connectivity index is 1.66. The van der Waals surface area contributed by atoms with Crippen molar-refractivity contribution in [3.8, 4) is 0 Å². The molecule has 2 rings (SSSR count). The predicted molar refractivity (Wildman–Crippen MR) is 89.9 cm³/mol. The van der Waals surface area contributed by atoms with Crippen LogP contribution in [0.2, 0.25) is 0 Å². The first-order chi connectivity index (χ1) is 10.0. The van der Waals surface area contributed by atoms with Crippen LogP contribution in [-0.2, 0) is 4.74 Å². The number of amides is 1. The standard InChI is InChI=1S/C18H34N2O2/c1-12-11-18(5,6)8-7-15(12)19-13-9-14(10-13)20-16(21)22-17(2,3)4/h12-15,19H,7-11H2,1-6H3,(H,20,21). The molecular weight excluding hydrogens is 276 g/mol. The summed E-state index contributed by atoms with van der Waals surface area (Å²) >= 11 is 0. The summed E-state index contributed by atoms with van der Waals surface area (Å²) in [6.45, 7) is 12.8. The second-order valence-corrected chi connectivity index (χ2v) is 9.17. The van der Waals surface area contributed by atoms with Gasteiger partial charge in [0.25, 0.3) is 0 Å². The van der Waals surface area contributed by atoms with Crippen LogP contribution in [-0.4, -0.2) is 29.8 Å². The third-order valence-electron chi connectivity index (χ3n) is 5.00. The molecule has 22 heavy (non-hydrogen) atoms. The first kappa shape index (κ1) is 17.6. The summed E-state index contributed by atoms with van der Waals surface area (Å²) in [4.78, 5) is 11.7. The molecule has 0 aliphatic heterocycles. The maximum atomic E-state index is 11.7. The molecule has 0 radical (unpaired) electrons. The van der Waals surface area contributed by atoms with E-state index in [-0.39, 0.29) is 12.1 Å². The number of rotatable bonds is 3. The van der Waals surface area contributed by atoms with Crippen molar-refractivity contribution in [1.82, 2.24) is 10.6 Å². The molecule has 4 heteroatoms. The molecule has 2 aliphatic carbocycles. The molecule has 2 saturated carbocycles. The summed E-state index contributed by atoms with van der Waals surface area (Å²) in [7, 11) is 0. The lowest BCUT2D eigenvalue weighted by Crippen LogP contribution is -2.57. The third kappa shape index (κ3) is 5.15. The van der Waals surface area contributed by atoms with Crippen LogP contribution in [0.5, 0.6) is 0 Å². The first-order valence-electron chi connectivity index (χ1n) is 8.80. The highest BCUT2D eigenvalue weighted by molar-refractivity contribution is 5.68. The minimum atomic E-state index is -0.421. The molecule has 0 heterocycles. The Hall–Kier alpha value is -0.770. The van der Waals surface area contributed by atoms with E-state index in [1.165, 1.54) is 19.3 Å². The van der Waals surface area contributed by atoms with Crippen molar-refractivity contribution in [1.29, 1.82) is 0 Å². The van der Waals surface area contributed by atoms with Gasteiger partial charge in [0.05, 0.1) is 0 Å². The zero-order valence-corrected chi connectivity index (χ0v) is 15.2. The highest BCUT2D eigenvalue weighted by Gasteiger charge is 2.37. The predicted octanol–water partition coefficient (Wildman–Crippen LogP) is 3.85. The minimum absolute atomic E-state index is 0.266. The normalized spacial score (nSPS) is 34.6.